The molecule has 0 radical (unpaired) electrons. The van der Waals surface area contributed by atoms with Crippen LogP contribution in [0.2, 0.25) is 0 Å². The average molecular weight is 924 g/mol. The molecule has 0 bridgehead atoms. The van der Waals surface area contributed by atoms with Gasteiger partial charge in [0.15, 0.2) is 0 Å². The lowest BCUT2D eigenvalue weighted by molar-refractivity contribution is -0.870. The van der Waals surface area contributed by atoms with Gasteiger partial charge in [-0.2, -0.15) is 0 Å². The van der Waals surface area contributed by atoms with Crippen molar-refractivity contribution in [1.29, 1.82) is 0 Å². The largest absolute Gasteiger partial charge is 0.472 e. The zero-order valence-corrected chi connectivity index (χ0v) is 43.9. The van der Waals surface area contributed by atoms with Gasteiger partial charge >= 0.3 is 7.82 Å². The van der Waals surface area contributed by atoms with Crippen LogP contribution in [0.4, 0.5) is 0 Å². The first-order chi connectivity index (χ1) is 31.0. The Labute approximate surface area is 397 Å². The number of amides is 1. The second-order valence-electron chi connectivity index (χ2n) is 19.9. The van der Waals surface area contributed by atoms with Gasteiger partial charge in [-0.15, -0.1) is 0 Å². The van der Waals surface area contributed by atoms with E-state index < -0.39 is 20.0 Å². The van der Waals surface area contributed by atoms with E-state index in [0.717, 1.165) is 51.4 Å². The van der Waals surface area contributed by atoms with Crippen molar-refractivity contribution in [2.45, 2.75) is 270 Å². The Morgan fingerprint density at radius 2 is 0.859 bits per heavy atom. The number of carbonyl (C=O) groups excluding carboxylic acids is 1. The number of phosphoric ester groups is 1. The van der Waals surface area contributed by atoms with E-state index in [2.05, 4.69) is 43.5 Å². The van der Waals surface area contributed by atoms with Crippen LogP contribution in [0.15, 0.2) is 36.5 Å². The molecule has 3 unspecified atom stereocenters. The van der Waals surface area contributed by atoms with Gasteiger partial charge in [-0.3, -0.25) is 13.8 Å². The summed E-state index contributed by atoms with van der Waals surface area (Å²) in [5, 5.41) is 13.9. The lowest BCUT2D eigenvalue weighted by Crippen LogP contribution is -2.45. The lowest BCUT2D eigenvalue weighted by Gasteiger charge is -2.25. The fourth-order valence-electron chi connectivity index (χ4n) is 7.99. The molecule has 0 aromatic heterocycles. The van der Waals surface area contributed by atoms with Crippen LogP contribution in [0.1, 0.15) is 258 Å². The highest BCUT2D eigenvalue weighted by molar-refractivity contribution is 7.47. The number of aliphatic hydroxyl groups is 1. The van der Waals surface area contributed by atoms with E-state index in [9.17, 15) is 19.4 Å². The maximum absolute atomic E-state index is 12.9. The van der Waals surface area contributed by atoms with Crippen molar-refractivity contribution < 1.29 is 32.9 Å². The van der Waals surface area contributed by atoms with Crippen LogP contribution in [-0.2, 0) is 18.4 Å². The predicted molar refractivity (Wildman–Crippen MR) is 277 cm³/mol. The molecule has 0 heterocycles. The van der Waals surface area contributed by atoms with E-state index in [1.165, 1.54) is 186 Å². The van der Waals surface area contributed by atoms with E-state index in [-0.39, 0.29) is 19.1 Å². The van der Waals surface area contributed by atoms with Crippen LogP contribution in [-0.4, -0.2) is 73.4 Å². The molecule has 378 valence electrons. The zero-order valence-electron chi connectivity index (χ0n) is 43.0. The molecule has 0 aliphatic heterocycles. The summed E-state index contributed by atoms with van der Waals surface area (Å²) in [6.45, 7) is 4.79. The summed E-state index contributed by atoms with van der Waals surface area (Å²) in [6, 6.07) is -0.866. The molecule has 9 heteroatoms. The molecule has 0 saturated carbocycles. The van der Waals surface area contributed by atoms with E-state index in [4.69, 9.17) is 9.05 Å². The van der Waals surface area contributed by atoms with E-state index in [1.54, 1.807) is 6.08 Å². The molecule has 0 aromatic rings. The highest BCUT2D eigenvalue weighted by atomic mass is 31.2. The molecule has 1 amide bonds. The molecule has 8 nitrogen and oxygen atoms in total. The third-order valence-electron chi connectivity index (χ3n) is 12.3. The number of carbonyl (C=O) groups is 1. The minimum Gasteiger partial charge on any atom is -0.387 e. The number of nitrogens with one attached hydrogen (secondary N) is 1. The fourth-order valence-corrected chi connectivity index (χ4v) is 8.73. The number of hydrogen-bond donors (Lipinski definition) is 3. The quantitative estimate of drug-likeness (QED) is 0.0243. The number of likely N-dealkylation sites (N-methyl/N-ethyl adjacent to an activating group) is 1. The third-order valence-corrected chi connectivity index (χ3v) is 13.3. The monoisotopic (exact) mass is 924 g/mol. The average Bonchev–Trinajstić information content (AvgIpc) is 3.25. The Bertz CT molecular complexity index is 1140. The van der Waals surface area contributed by atoms with Gasteiger partial charge in [-0.1, -0.05) is 230 Å². The SMILES string of the molecule is CCCCCC/C=C\CCCCCCCC(=O)NC(COP(=O)(O)OCC[N+](C)(C)C)C(O)/C=C/CC/C=C/CCCCCCCCCCCCCCCCCCCCCCCCC. The maximum atomic E-state index is 12.9. The molecule has 0 aliphatic rings. The summed E-state index contributed by atoms with van der Waals surface area (Å²) in [7, 11) is 1.55. The minimum atomic E-state index is -4.35. The summed E-state index contributed by atoms with van der Waals surface area (Å²) in [6.07, 6.45) is 59.7. The van der Waals surface area contributed by atoms with Crippen molar-refractivity contribution in [3.05, 3.63) is 36.5 Å². The second kappa shape index (κ2) is 46.8. The van der Waals surface area contributed by atoms with Gasteiger partial charge in [0.05, 0.1) is 39.9 Å². The molecule has 0 rings (SSSR count). The Balaban J connectivity index is 4.18. The molecule has 0 saturated heterocycles. The highest BCUT2D eigenvalue weighted by Crippen LogP contribution is 2.43. The molecule has 0 aliphatic carbocycles. The predicted octanol–water partition coefficient (Wildman–Crippen LogP) is 16.2. The first kappa shape index (κ1) is 62.7. The lowest BCUT2D eigenvalue weighted by atomic mass is 10.0. The number of phosphoric acid groups is 1. The second-order valence-corrected chi connectivity index (χ2v) is 21.4. The minimum absolute atomic E-state index is 0.0548. The van der Waals surface area contributed by atoms with Gasteiger partial charge in [0.25, 0.3) is 0 Å². The van der Waals surface area contributed by atoms with Gasteiger partial charge in [0, 0.05) is 6.42 Å². The van der Waals surface area contributed by atoms with Crippen molar-refractivity contribution in [2.24, 2.45) is 0 Å². The summed E-state index contributed by atoms with van der Waals surface area (Å²) in [5.74, 6) is -0.195. The first-order valence-corrected chi connectivity index (χ1v) is 28.9. The first-order valence-electron chi connectivity index (χ1n) is 27.4. The van der Waals surface area contributed by atoms with Gasteiger partial charge in [0.2, 0.25) is 5.91 Å². The van der Waals surface area contributed by atoms with Gasteiger partial charge in [-0.05, 0) is 57.8 Å². The number of nitrogens with zero attached hydrogens (tertiary/aromatic N) is 1. The van der Waals surface area contributed by atoms with Crippen LogP contribution in [0.3, 0.4) is 0 Å². The molecule has 0 spiro atoms. The smallest absolute Gasteiger partial charge is 0.387 e. The van der Waals surface area contributed by atoms with Crippen LogP contribution in [0.25, 0.3) is 0 Å². The summed E-state index contributed by atoms with van der Waals surface area (Å²) < 4.78 is 23.6. The number of unbranched alkanes of at least 4 members (excludes halogenated alkanes) is 33. The van der Waals surface area contributed by atoms with E-state index >= 15 is 0 Å². The Morgan fingerprint density at radius 3 is 1.27 bits per heavy atom. The number of aliphatic hydroxyl groups excluding tert-OH is 1. The van der Waals surface area contributed by atoms with Crippen LogP contribution in [0, 0.1) is 0 Å². The van der Waals surface area contributed by atoms with Crippen LogP contribution >= 0.6 is 7.82 Å². The van der Waals surface area contributed by atoms with Crippen molar-refractivity contribution in [2.75, 3.05) is 40.9 Å². The molecular weight excluding hydrogens is 816 g/mol. The normalized spacial score (nSPS) is 14.3. The number of allylic oxidation sites excluding steroid dienone is 5. The standard InChI is InChI=1S/C55H107N2O6P/c1-6-8-10-12-14-16-18-20-21-22-23-24-25-26-27-28-29-30-31-32-33-34-35-37-38-40-42-44-46-48-54(58)53(52-63-64(60,61)62-51-50-57(3,4)5)56-55(59)49-47-45-43-41-39-36-19-17-15-13-11-9-7-2/h17,19,38,40,46,48,53-54,58H,6-16,18,20-37,39,41-45,47,49-52H2,1-5H3,(H-,56,59,60,61)/p+1/b19-17-,40-38+,48-46+. The van der Waals surface area contributed by atoms with Crippen molar-refractivity contribution in [3.8, 4) is 0 Å². The summed E-state index contributed by atoms with van der Waals surface area (Å²) in [5.41, 5.74) is 0. The Morgan fingerprint density at radius 1 is 0.516 bits per heavy atom. The highest BCUT2D eigenvalue weighted by Gasteiger charge is 2.27. The van der Waals surface area contributed by atoms with Crippen molar-refractivity contribution >= 4 is 13.7 Å². The summed E-state index contributed by atoms with van der Waals surface area (Å²) in [4.78, 5) is 23.2. The molecular formula is C55H108N2O6P+. The fraction of sp³-hybridized carbons (Fsp3) is 0.873. The van der Waals surface area contributed by atoms with E-state index in [0.29, 0.717) is 17.4 Å². The molecule has 64 heavy (non-hydrogen) atoms. The van der Waals surface area contributed by atoms with Crippen molar-refractivity contribution in [3.63, 3.8) is 0 Å². The number of quaternary nitrogens is 1. The van der Waals surface area contributed by atoms with Gasteiger partial charge < -0.3 is 19.8 Å². The van der Waals surface area contributed by atoms with Crippen molar-refractivity contribution in [1.82, 2.24) is 5.32 Å². The third kappa shape index (κ3) is 48.6. The number of hydrogen-bond acceptors (Lipinski definition) is 5. The summed E-state index contributed by atoms with van der Waals surface area (Å²) >= 11 is 0. The van der Waals surface area contributed by atoms with Gasteiger partial charge in [0.1, 0.15) is 13.2 Å². The molecule has 3 N–H and O–H groups in total. The van der Waals surface area contributed by atoms with E-state index in [1.807, 2.05) is 27.2 Å². The molecule has 3 atom stereocenters. The topological polar surface area (TPSA) is 105 Å². The number of rotatable bonds is 50. The Hall–Kier alpha value is -1.28. The van der Waals surface area contributed by atoms with Gasteiger partial charge in [-0.25, -0.2) is 4.57 Å². The molecule has 0 aromatic carbocycles. The molecule has 0 fully saturated rings. The maximum Gasteiger partial charge on any atom is 0.472 e. The van der Waals surface area contributed by atoms with Crippen LogP contribution in [0.5, 0.6) is 0 Å². The van der Waals surface area contributed by atoms with Crippen LogP contribution < -0.4 is 5.32 Å². The zero-order chi connectivity index (χ0) is 47.1. The Kier molecular flexibility index (Phi) is 45.9.